The van der Waals surface area contributed by atoms with Gasteiger partial charge in [0.1, 0.15) is 35.6 Å². The van der Waals surface area contributed by atoms with Crippen molar-refractivity contribution in [2.75, 3.05) is 7.11 Å². The zero-order valence-corrected chi connectivity index (χ0v) is 18.5. The molecule has 0 spiro atoms. The number of rotatable bonds is 5. The van der Waals surface area contributed by atoms with Crippen LogP contribution < -0.4 is 19.9 Å². The number of ether oxygens (including phenoxy) is 3. The number of phenols is 1. The number of allylic oxidation sites excluding steroid dienone is 1. The molecule has 1 atom stereocenters. The summed E-state index contributed by atoms with van der Waals surface area (Å²) in [5.74, 6) is 0.431. The molecule has 6 nitrogen and oxygen atoms in total. The molecule has 0 aromatic heterocycles. The number of hydrogen-bond acceptors (Lipinski definition) is 6. The Morgan fingerprint density at radius 1 is 1.12 bits per heavy atom. The lowest BCUT2D eigenvalue weighted by Gasteiger charge is -2.27. The molecule has 32 heavy (non-hydrogen) atoms. The summed E-state index contributed by atoms with van der Waals surface area (Å²) in [6, 6.07) is 16.3. The van der Waals surface area contributed by atoms with E-state index in [1.807, 2.05) is 0 Å². The van der Waals surface area contributed by atoms with Gasteiger partial charge in [0.2, 0.25) is 5.88 Å². The highest BCUT2D eigenvalue weighted by atomic mass is 79.9. The number of nitrogens with two attached hydrogens (primary N) is 1. The molecule has 162 valence electrons. The number of nitriles is 1. The second-order valence-electron chi connectivity index (χ2n) is 7.09. The van der Waals surface area contributed by atoms with E-state index in [2.05, 4.69) is 22.0 Å². The maximum absolute atomic E-state index is 13.1. The summed E-state index contributed by atoms with van der Waals surface area (Å²) in [6.45, 7) is 0.220. The van der Waals surface area contributed by atoms with E-state index in [4.69, 9.17) is 19.9 Å². The number of methoxy groups -OCH3 is 1. The maximum atomic E-state index is 13.1. The second kappa shape index (κ2) is 8.81. The Labute approximate surface area is 192 Å². The van der Waals surface area contributed by atoms with E-state index in [9.17, 15) is 14.8 Å². The SMILES string of the molecule is COc1cc([C@H]2C(C#N)=C(N)Oc3cc(O)ccc32)c(Br)cc1OCc1ccc(F)cc1. The molecule has 1 heterocycles. The van der Waals surface area contributed by atoms with Crippen molar-refractivity contribution in [3.63, 3.8) is 0 Å². The molecule has 0 aliphatic carbocycles. The van der Waals surface area contributed by atoms with Crippen molar-refractivity contribution >= 4 is 15.9 Å². The minimum atomic E-state index is -0.543. The minimum absolute atomic E-state index is 0.0249. The fourth-order valence-corrected chi connectivity index (χ4v) is 4.10. The van der Waals surface area contributed by atoms with Gasteiger partial charge in [-0.25, -0.2) is 4.39 Å². The Morgan fingerprint density at radius 2 is 1.88 bits per heavy atom. The number of halogens is 2. The lowest BCUT2D eigenvalue weighted by molar-refractivity contribution is 0.284. The van der Waals surface area contributed by atoms with E-state index < -0.39 is 5.92 Å². The van der Waals surface area contributed by atoms with Crippen molar-refractivity contribution < 1.29 is 23.7 Å². The normalized spacial score (nSPS) is 14.9. The number of aromatic hydroxyl groups is 1. The topological polar surface area (TPSA) is 97.7 Å². The fraction of sp³-hybridized carbons (Fsp3) is 0.125. The van der Waals surface area contributed by atoms with Crippen LogP contribution in [-0.2, 0) is 6.61 Å². The lowest BCUT2D eigenvalue weighted by atomic mass is 9.83. The number of benzene rings is 3. The van der Waals surface area contributed by atoms with Crippen molar-refractivity contribution in [1.82, 2.24) is 0 Å². The van der Waals surface area contributed by atoms with Crippen LogP contribution in [0, 0.1) is 17.1 Å². The van der Waals surface area contributed by atoms with Crippen LogP contribution in [0.15, 0.2) is 70.5 Å². The van der Waals surface area contributed by atoms with Crippen molar-refractivity contribution in [3.05, 3.63) is 93.0 Å². The molecule has 0 bridgehead atoms. The third-order valence-corrected chi connectivity index (χ3v) is 5.79. The average molecular weight is 497 g/mol. The standard InChI is InChI=1S/C24H18BrFN2O4/c1-30-21-9-17(19(25)10-22(21)31-12-13-2-4-14(26)5-3-13)23-16-7-6-15(29)8-20(16)32-24(28)18(23)11-27/h2-10,23,29H,12,28H2,1H3/t23-/m0/s1. The Morgan fingerprint density at radius 3 is 2.56 bits per heavy atom. The Bertz CT molecular complexity index is 1250. The van der Waals surface area contributed by atoms with Gasteiger partial charge in [-0.15, -0.1) is 0 Å². The molecule has 0 saturated carbocycles. The quantitative estimate of drug-likeness (QED) is 0.509. The van der Waals surface area contributed by atoms with Gasteiger partial charge < -0.3 is 25.1 Å². The van der Waals surface area contributed by atoms with Gasteiger partial charge in [0, 0.05) is 16.1 Å². The molecule has 0 unspecified atom stereocenters. The van der Waals surface area contributed by atoms with Crippen LogP contribution in [0.2, 0.25) is 0 Å². The first-order chi connectivity index (χ1) is 15.4. The highest BCUT2D eigenvalue weighted by Crippen LogP contribution is 2.47. The van der Waals surface area contributed by atoms with Crippen LogP contribution in [0.5, 0.6) is 23.0 Å². The predicted octanol–water partition coefficient (Wildman–Crippen LogP) is 5.10. The summed E-state index contributed by atoms with van der Waals surface area (Å²) < 4.78 is 30.8. The molecule has 1 aliphatic rings. The van der Waals surface area contributed by atoms with E-state index in [1.54, 1.807) is 30.3 Å². The summed E-state index contributed by atoms with van der Waals surface area (Å²) in [7, 11) is 1.52. The van der Waals surface area contributed by atoms with Crippen molar-refractivity contribution in [2.45, 2.75) is 12.5 Å². The van der Waals surface area contributed by atoms with Gasteiger partial charge >= 0.3 is 0 Å². The summed E-state index contributed by atoms with van der Waals surface area (Å²) in [5, 5.41) is 19.6. The number of hydrogen-bond donors (Lipinski definition) is 2. The van der Waals surface area contributed by atoms with Crippen LogP contribution in [0.3, 0.4) is 0 Å². The predicted molar refractivity (Wildman–Crippen MR) is 119 cm³/mol. The highest BCUT2D eigenvalue weighted by Gasteiger charge is 2.33. The first-order valence-electron chi connectivity index (χ1n) is 9.56. The fourth-order valence-electron chi connectivity index (χ4n) is 3.55. The molecular formula is C24H18BrFN2O4. The Kier molecular flexibility index (Phi) is 5.93. The first kappa shape index (κ1) is 21.5. The van der Waals surface area contributed by atoms with Crippen molar-refractivity contribution in [3.8, 4) is 29.1 Å². The number of phenolic OH excluding ortho intramolecular Hbond substituents is 1. The Balaban J connectivity index is 1.74. The van der Waals surface area contributed by atoms with Crippen LogP contribution in [0.25, 0.3) is 0 Å². The van der Waals surface area contributed by atoms with Gasteiger partial charge in [-0.2, -0.15) is 5.26 Å². The van der Waals surface area contributed by atoms with Crippen molar-refractivity contribution in [1.29, 1.82) is 5.26 Å². The summed E-state index contributed by atoms with van der Waals surface area (Å²) in [4.78, 5) is 0. The molecule has 4 rings (SSSR count). The molecule has 0 radical (unpaired) electrons. The van der Waals surface area contributed by atoms with Crippen LogP contribution >= 0.6 is 15.9 Å². The summed E-state index contributed by atoms with van der Waals surface area (Å²) >= 11 is 3.58. The van der Waals surface area contributed by atoms with Gasteiger partial charge in [0.15, 0.2) is 11.5 Å². The van der Waals surface area contributed by atoms with E-state index in [0.29, 0.717) is 32.8 Å². The molecule has 3 aromatic rings. The zero-order chi connectivity index (χ0) is 22.8. The third-order valence-electron chi connectivity index (χ3n) is 5.10. The van der Waals surface area contributed by atoms with Crippen LogP contribution in [0.1, 0.15) is 22.6 Å². The number of nitrogens with zero attached hydrogens (tertiary/aromatic N) is 1. The van der Waals surface area contributed by atoms with E-state index in [0.717, 1.165) is 5.56 Å². The van der Waals surface area contributed by atoms with E-state index in [-0.39, 0.29) is 29.6 Å². The van der Waals surface area contributed by atoms with Crippen molar-refractivity contribution in [2.24, 2.45) is 5.73 Å². The van der Waals surface area contributed by atoms with Gasteiger partial charge in [-0.05, 0) is 41.5 Å². The largest absolute Gasteiger partial charge is 0.508 e. The van der Waals surface area contributed by atoms with Crippen LogP contribution in [-0.4, -0.2) is 12.2 Å². The minimum Gasteiger partial charge on any atom is -0.508 e. The van der Waals surface area contributed by atoms with Gasteiger partial charge in [-0.1, -0.05) is 34.1 Å². The van der Waals surface area contributed by atoms with Gasteiger partial charge in [0.25, 0.3) is 0 Å². The first-order valence-corrected chi connectivity index (χ1v) is 10.4. The number of fused-ring (bicyclic) bond motifs is 1. The van der Waals surface area contributed by atoms with E-state index in [1.165, 1.54) is 31.4 Å². The summed E-state index contributed by atoms with van der Waals surface area (Å²) in [6.07, 6.45) is 0. The monoisotopic (exact) mass is 496 g/mol. The average Bonchev–Trinajstić information content (AvgIpc) is 2.78. The molecule has 3 aromatic carbocycles. The summed E-state index contributed by atoms with van der Waals surface area (Å²) in [5.41, 5.74) is 8.44. The van der Waals surface area contributed by atoms with Gasteiger partial charge in [-0.3, -0.25) is 0 Å². The highest BCUT2D eigenvalue weighted by molar-refractivity contribution is 9.10. The molecule has 3 N–H and O–H groups in total. The van der Waals surface area contributed by atoms with Crippen LogP contribution in [0.4, 0.5) is 4.39 Å². The lowest BCUT2D eigenvalue weighted by Crippen LogP contribution is -2.21. The van der Waals surface area contributed by atoms with E-state index >= 15 is 0 Å². The molecule has 0 fully saturated rings. The molecule has 8 heteroatoms. The molecule has 1 aliphatic heterocycles. The molecule has 0 saturated heterocycles. The third kappa shape index (κ3) is 4.07. The maximum Gasteiger partial charge on any atom is 0.205 e. The van der Waals surface area contributed by atoms with Gasteiger partial charge in [0.05, 0.1) is 13.0 Å². The molecule has 0 amide bonds. The Hall–Kier alpha value is -3.70. The molecular weight excluding hydrogens is 479 g/mol. The second-order valence-corrected chi connectivity index (χ2v) is 7.94. The zero-order valence-electron chi connectivity index (χ0n) is 16.9. The smallest absolute Gasteiger partial charge is 0.205 e.